The van der Waals surface area contributed by atoms with Gasteiger partial charge in [-0.25, -0.2) is 0 Å². The van der Waals surface area contributed by atoms with Gasteiger partial charge in [0.15, 0.2) is 0 Å². The molecule has 0 aromatic carbocycles. The predicted molar refractivity (Wildman–Crippen MR) is 296 cm³/mol. The van der Waals surface area contributed by atoms with E-state index >= 15 is 0 Å². The van der Waals surface area contributed by atoms with Gasteiger partial charge >= 0.3 is 5.97 Å². The molecule has 0 saturated carbocycles. The Labute approximate surface area is 423 Å². The number of aliphatic hydroxyl groups is 2. The minimum absolute atomic E-state index is 0.00291. The van der Waals surface area contributed by atoms with Crippen molar-refractivity contribution < 1.29 is 24.5 Å². The average molecular weight is 955 g/mol. The van der Waals surface area contributed by atoms with Crippen molar-refractivity contribution >= 4 is 11.9 Å². The summed E-state index contributed by atoms with van der Waals surface area (Å²) >= 11 is 0. The summed E-state index contributed by atoms with van der Waals surface area (Å²) in [7, 11) is 0. The van der Waals surface area contributed by atoms with E-state index in [1.807, 2.05) is 6.08 Å². The molecule has 0 aromatic heterocycles. The molecule has 6 nitrogen and oxygen atoms in total. The Balaban J connectivity index is 3.42. The number of carbonyl (C=O) groups excluding carboxylic acids is 2. The molecule has 0 aliphatic heterocycles. The van der Waals surface area contributed by atoms with Gasteiger partial charge < -0.3 is 20.3 Å². The normalized spacial score (nSPS) is 12.9. The maximum absolute atomic E-state index is 12.4. The van der Waals surface area contributed by atoms with Crippen molar-refractivity contribution in [3.05, 3.63) is 48.6 Å². The van der Waals surface area contributed by atoms with Crippen molar-refractivity contribution in [1.82, 2.24) is 5.32 Å². The summed E-state index contributed by atoms with van der Waals surface area (Å²) in [6.45, 7) is 4.83. The molecule has 0 radical (unpaired) electrons. The maximum Gasteiger partial charge on any atom is 0.305 e. The summed E-state index contributed by atoms with van der Waals surface area (Å²) in [6.07, 6.45) is 72.9. The minimum atomic E-state index is -0.846. The van der Waals surface area contributed by atoms with Crippen LogP contribution in [0.15, 0.2) is 48.6 Å². The monoisotopic (exact) mass is 954 g/mol. The fraction of sp³-hybridized carbons (Fsp3) is 0.839. The van der Waals surface area contributed by atoms with E-state index in [0.29, 0.717) is 19.4 Å². The Morgan fingerprint density at radius 2 is 0.765 bits per heavy atom. The van der Waals surface area contributed by atoms with Crippen LogP contribution in [0.1, 0.15) is 309 Å². The molecule has 0 aliphatic rings. The van der Waals surface area contributed by atoms with Gasteiger partial charge in [-0.2, -0.15) is 0 Å². The van der Waals surface area contributed by atoms with E-state index in [9.17, 15) is 19.8 Å². The highest BCUT2D eigenvalue weighted by molar-refractivity contribution is 5.76. The van der Waals surface area contributed by atoms with Crippen LogP contribution in [-0.4, -0.2) is 47.4 Å². The topological polar surface area (TPSA) is 95.9 Å². The Morgan fingerprint density at radius 3 is 1.19 bits per heavy atom. The number of ether oxygens (including phenoxy) is 1. The molecule has 0 bridgehead atoms. The zero-order valence-electron chi connectivity index (χ0n) is 45.3. The number of carbonyl (C=O) groups is 2. The van der Waals surface area contributed by atoms with Crippen LogP contribution in [0.3, 0.4) is 0 Å². The quantitative estimate of drug-likeness (QED) is 0.0321. The number of hydrogen-bond donors (Lipinski definition) is 3. The standard InChI is InChI=1S/C62H115NO5/c1-3-5-7-9-11-13-15-30-34-38-42-46-50-54-60(65)59(58-64)63-61(66)55-51-47-43-39-35-32-28-26-24-22-20-18-17-19-21-23-25-27-29-33-37-41-45-49-53-57-68-62(67)56-52-48-44-40-36-31-16-14-12-10-8-6-4-2/h8,10,14,16,18,20,50,54,59-60,64-65H,3-7,9,11-13,15,17,19,21-49,51-53,55-58H2,1-2H3,(H,63,66)/b10-8-,16-14-,20-18-,54-50+. The lowest BCUT2D eigenvalue weighted by Crippen LogP contribution is -2.45. The van der Waals surface area contributed by atoms with Crippen molar-refractivity contribution in [2.45, 2.75) is 321 Å². The molecular formula is C62H115NO5. The molecule has 1 amide bonds. The van der Waals surface area contributed by atoms with Crippen molar-refractivity contribution in [2.24, 2.45) is 0 Å². The highest BCUT2D eigenvalue weighted by atomic mass is 16.5. The minimum Gasteiger partial charge on any atom is -0.466 e. The molecule has 398 valence electrons. The van der Waals surface area contributed by atoms with Gasteiger partial charge in [-0.15, -0.1) is 0 Å². The summed E-state index contributed by atoms with van der Waals surface area (Å²) in [5.41, 5.74) is 0. The summed E-state index contributed by atoms with van der Waals surface area (Å²) in [5.74, 6) is -0.0745. The van der Waals surface area contributed by atoms with Gasteiger partial charge in [0.25, 0.3) is 0 Å². The van der Waals surface area contributed by atoms with Gasteiger partial charge in [-0.05, 0) is 83.5 Å². The molecule has 2 atom stereocenters. The smallest absolute Gasteiger partial charge is 0.305 e. The van der Waals surface area contributed by atoms with Crippen molar-refractivity contribution in [1.29, 1.82) is 0 Å². The Hall–Kier alpha value is -2.18. The molecule has 0 aromatic rings. The van der Waals surface area contributed by atoms with Crippen LogP contribution in [0.25, 0.3) is 0 Å². The second kappa shape index (κ2) is 57.4. The van der Waals surface area contributed by atoms with E-state index in [0.717, 1.165) is 51.4 Å². The number of amides is 1. The fourth-order valence-electron chi connectivity index (χ4n) is 8.96. The number of unbranched alkanes of at least 4 members (excludes halogenated alkanes) is 38. The molecule has 0 heterocycles. The molecule has 0 saturated heterocycles. The summed E-state index contributed by atoms with van der Waals surface area (Å²) in [6, 6.07) is -0.630. The van der Waals surface area contributed by atoms with Gasteiger partial charge in [0.05, 0.1) is 25.4 Å². The average Bonchev–Trinajstić information content (AvgIpc) is 3.34. The van der Waals surface area contributed by atoms with E-state index in [1.54, 1.807) is 6.08 Å². The van der Waals surface area contributed by atoms with Crippen LogP contribution < -0.4 is 5.32 Å². The number of esters is 1. The van der Waals surface area contributed by atoms with Crippen molar-refractivity contribution in [3.63, 3.8) is 0 Å². The third-order valence-electron chi connectivity index (χ3n) is 13.5. The van der Waals surface area contributed by atoms with Crippen LogP contribution in [0.5, 0.6) is 0 Å². The summed E-state index contributed by atoms with van der Waals surface area (Å²) < 4.78 is 5.46. The van der Waals surface area contributed by atoms with Gasteiger partial charge in [0.2, 0.25) is 5.91 Å². The van der Waals surface area contributed by atoms with E-state index in [-0.39, 0.29) is 18.5 Å². The lowest BCUT2D eigenvalue weighted by Gasteiger charge is -2.20. The molecule has 0 aliphatic carbocycles. The fourth-order valence-corrected chi connectivity index (χ4v) is 8.96. The molecule has 0 fully saturated rings. The van der Waals surface area contributed by atoms with Gasteiger partial charge in [0, 0.05) is 12.8 Å². The van der Waals surface area contributed by atoms with E-state index in [4.69, 9.17) is 4.74 Å². The number of nitrogens with one attached hydrogen (secondary N) is 1. The van der Waals surface area contributed by atoms with Gasteiger partial charge in [0.1, 0.15) is 0 Å². The molecule has 0 spiro atoms. The van der Waals surface area contributed by atoms with Gasteiger partial charge in [-0.1, -0.05) is 262 Å². The van der Waals surface area contributed by atoms with Gasteiger partial charge in [-0.3, -0.25) is 9.59 Å². The largest absolute Gasteiger partial charge is 0.466 e. The maximum atomic E-state index is 12.4. The van der Waals surface area contributed by atoms with Crippen LogP contribution in [0.2, 0.25) is 0 Å². The third kappa shape index (κ3) is 53.2. The second-order valence-corrected chi connectivity index (χ2v) is 20.3. The number of aliphatic hydroxyl groups excluding tert-OH is 2. The van der Waals surface area contributed by atoms with E-state index < -0.39 is 12.1 Å². The molecular weight excluding hydrogens is 839 g/mol. The van der Waals surface area contributed by atoms with Crippen LogP contribution in [0, 0.1) is 0 Å². The highest BCUT2D eigenvalue weighted by Gasteiger charge is 2.18. The Kier molecular flexibility index (Phi) is 55.6. The predicted octanol–water partition coefficient (Wildman–Crippen LogP) is 18.6. The zero-order chi connectivity index (χ0) is 49.3. The van der Waals surface area contributed by atoms with Crippen LogP contribution in [0.4, 0.5) is 0 Å². The number of hydrogen-bond acceptors (Lipinski definition) is 5. The van der Waals surface area contributed by atoms with E-state index in [1.165, 1.54) is 231 Å². The lowest BCUT2D eigenvalue weighted by molar-refractivity contribution is -0.143. The summed E-state index contributed by atoms with van der Waals surface area (Å²) in [4.78, 5) is 24.5. The third-order valence-corrected chi connectivity index (χ3v) is 13.5. The number of allylic oxidation sites excluding steroid dienone is 7. The van der Waals surface area contributed by atoms with Crippen LogP contribution >= 0.6 is 0 Å². The molecule has 68 heavy (non-hydrogen) atoms. The lowest BCUT2D eigenvalue weighted by atomic mass is 10.0. The van der Waals surface area contributed by atoms with Crippen molar-refractivity contribution in [3.8, 4) is 0 Å². The molecule has 0 rings (SSSR count). The SMILES string of the molecule is CCC/C=C\C/C=C\CCCCCCCC(=O)OCCCCCCCCCCCCCC/C=C\CCCCCCCCCCCC(=O)NC(CO)C(O)/C=C/CCCCCCCCCCCCC. The second-order valence-electron chi connectivity index (χ2n) is 20.3. The van der Waals surface area contributed by atoms with E-state index in [2.05, 4.69) is 55.6 Å². The zero-order valence-corrected chi connectivity index (χ0v) is 45.3. The Bertz CT molecular complexity index is 1150. The van der Waals surface area contributed by atoms with Crippen molar-refractivity contribution in [2.75, 3.05) is 13.2 Å². The van der Waals surface area contributed by atoms with Crippen LogP contribution in [-0.2, 0) is 14.3 Å². The molecule has 2 unspecified atom stereocenters. The first kappa shape index (κ1) is 65.8. The molecule has 3 N–H and O–H groups in total. The highest BCUT2D eigenvalue weighted by Crippen LogP contribution is 2.16. The first-order chi connectivity index (χ1) is 33.5. The Morgan fingerprint density at radius 1 is 0.412 bits per heavy atom. The first-order valence-corrected chi connectivity index (χ1v) is 29.9. The number of rotatable bonds is 55. The molecule has 6 heteroatoms. The first-order valence-electron chi connectivity index (χ1n) is 29.9. The summed E-state index contributed by atoms with van der Waals surface area (Å²) in [5, 5.41) is 23.1.